The summed E-state index contributed by atoms with van der Waals surface area (Å²) in [6, 6.07) is 19.2. The number of fused-ring (bicyclic) bond motifs is 2. The summed E-state index contributed by atoms with van der Waals surface area (Å²) in [6.07, 6.45) is 0. The molecular weight excluding hydrogens is 306 g/mol. The minimum Gasteiger partial charge on any atom is -0.309 e. The molecule has 3 aromatic rings. The number of nitrogens with zero attached hydrogens (tertiary/aromatic N) is 2. The molecule has 0 aliphatic carbocycles. The molecule has 0 saturated carbocycles. The first-order chi connectivity index (χ1) is 12.0. The van der Waals surface area contributed by atoms with Gasteiger partial charge in [0.25, 0.3) is 0 Å². The molecule has 132 valence electrons. The van der Waals surface area contributed by atoms with Crippen molar-refractivity contribution in [1.82, 2.24) is 15.2 Å². The molecule has 3 nitrogen and oxygen atoms in total. The minimum absolute atomic E-state index is 0.286. The van der Waals surface area contributed by atoms with Crippen LogP contribution in [0.2, 0.25) is 0 Å². The number of hydrogen-bond acceptors (Lipinski definition) is 3. The molecule has 1 saturated heterocycles. The number of likely N-dealkylation sites (N-methyl/N-ethyl adjacent to an activating group) is 1. The van der Waals surface area contributed by atoms with Gasteiger partial charge in [0, 0.05) is 35.4 Å². The first kappa shape index (κ1) is 17.8. The summed E-state index contributed by atoms with van der Waals surface area (Å²) in [7, 11) is 0. The zero-order valence-corrected chi connectivity index (χ0v) is 15.8. The molecule has 0 amide bonds. The Morgan fingerprint density at radius 3 is 2.12 bits per heavy atom. The molecule has 1 fully saturated rings. The summed E-state index contributed by atoms with van der Waals surface area (Å²) in [5.74, 6) is 0. The van der Waals surface area contributed by atoms with Crippen LogP contribution in [0, 0.1) is 0 Å². The largest absolute Gasteiger partial charge is 0.309 e. The van der Waals surface area contributed by atoms with Gasteiger partial charge < -0.3 is 5.32 Å². The third-order valence-electron chi connectivity index (χ3n) is 5.40. The Hall–Kier alpha value is -1.97. The van der Waals surface area contributed by atoms with E-state index in [1.54, 1.807) is 0 Å². The Morgan fingerprint density at radius 2 is 1.60 bits per heavy atom. The van der Waals surface area contributed by atoms with Crippen LogP contribution < -0.4 is 5.32 Å². The maximum absolute atomic E-state index is 4.58. The van der Waals surface area contributed by atoms with Crippen LogP contribution in [0.3, 0.4) is 0 Å². The van der Waals surface area contributed by atoms with E-state index in [0.29, 0.717) is 6.04 Å². The van der Waals surface area contributed by atoms with Crippen molar-refractivity contribution in [3.8, 4) is 0 Å². The smallest absolute Gasteiger partial charge is 0.0709 e. The number of benzene rings is 2. The van der Waals surface area contributed by atoms with E-state index in [9.17, 15) is 0 Å². The monoisotopic (exact) mass is 335 g/mol. The van der Waals surface area contributed by atoms with Gasteiger partial charge in [0.05, 0.1) is 11.0 Å². The van der Waals surface area contributed by atoms with Gasteiger partial charge in [-0.1, -0.05) is 43.3 Å². The van der Waals surface area contributed by atoms with Crippen LogP contribution in [0.4, 0.5) is 0 Å². The highest BCUT2D eigenvalue weighted by Crippen LogP contribution is 2.19. The van der Waals surface area contributed by atoms with Gasteiger partial charge >= 0.3 is 0 Å². The van der Waals surface area contributed by atoms with Crippen LogP contribution in [0.1, 0.15) is 27.7 Å². The third kappa shape index (κ3) is 4.00. The fourth-order valence-corrected chi connectivity index (χ4v) is 3.47. The summed E-state index contributed by atoms with van der Waals surface area (Å²) in [5.41, 5.74) is 2.41. The number of rotatable bonds is 1. The molecule has 0 bridgehead atoms. The molecule has 1 aliphatic heterocycles. The van der Waals surface area contributed by atoms with E-state index < -0.39 is 0 Å². The summed E-state index contributed by atoms with van der Waals surface area (Å²) >= 11 is 0. The van der Waals surface area contributed by atoms with Crippen LogP contribution in [-0.4, -0.2) is 41.1 Å². The second-order valence-electron chi connectivity index (χ2n) is 7.33. The minimum atomic E-state index is 0.286. The van der Waals surface area contributed by atoms with E-state index in [-0.39, 0.29) is 5.54 Å². The molecule has 0 spiro atoms. The number of nitrogens with one attached hydrogen (secondary N) is 1. The van der Waals surface area contributed by atoms with Gasteiger partial charge in [-0.05, 0) is 45.5 Å². The fraction of sp³-hybridized carbons (Fsp3) is 0.409. The molecule has 2 heterocycles. The molecule has 0 radical (unpaired) electrons. The quantitative estimate of drug-likeness (QED) is 0.665. The molecule has 1 aromatic heterocycles. The molecule has 1 aliphatic rings. The number of para-hydroxylation sites is 2. The molecule has 1 N–H and O–H groups in total. The lowest BCUT2D eigenvalue weighted by Crippen LogP contribution is -2.62. The van der Waals surface area contributed by atoms with Gasteiger partial charge in [-0.25, -0.2) is 4.98 Å². The van der Waals surface area contributed by atoms with Crippen molar-refractivity contribution in [3.05, 3.63) is 54.6 Å². The van der Waals surface area contributed by atoms with Crippen molar-refractivity contribution >= 4 is 21.8 Å². The molecule has 2 aromatic carbocycles. The number of pyridine rings is 1. The van der Waals surface area contributed by atoms with Gasteiger partial charge in [-0.15, -0.1) is 0 Å². The van der Waals surface area contributed by atoms with Crippen molar-refractivity contribution in [2.75, 3.05) is 19.6 Å². The SMILES string of the molecule is CCN1CCNC(C)(C)C1C.c1ccc2nc3ccccc3cc2c1. The normalized spacial score (nSPS) is 20.2. The Bertz CT molecular complexity index is 736. The molecular formula is C22H29N3. The predicted molar refractivity (Wildman–Crippen MR) is 108 cm³/mol. The average molecular weight is 335 g/mol. The standard InChI is InChI=1S/C13H9N.C9H20N2/c1-3-7-12-10(5-1)9-11-6-2-4-8-13(11)14-12;1-5-11-7-6-10-9(3,4)8(11)2/h1-9H;8,10H,5-7H2,1-4H3. The second kappa shape index (κ2) is 7.51. The van der Waals surface area contributed by atoms with E-state index in [1.807, 2.05) is 36.4 Å². The summed E-state index contributed by atoms with van der Waals surface area (Å²) in [5, 5.41) is 5.93. The van der Waals surface area contributed by atoms with E-state index in [0.717, 1.165) is 17.6 Å². The Labute approximate surface area is 151 Å². The molecule has 1 atom stereocenters. The summed E-state index contributed by atoms with van der Waals surface area (Å²) < 4.78 is 0. The maximum Gasteiger partial charge on any atom is 0.0709 e. The zero-order valence-electron chi connectivity index (χ0n) is 15.8. The van der Waals surface area contributed by atoms with Crippen molar-refractivity contribution in [2.24, 2.45) is 0 Å². The highest BCUT2D eigenvalue weighted by molar-refractivity contribution is 5.92. The number of hydrogen-bond donors (Lipinski definition) is 1. The molecule has 25 heavy (non-hydrogen) atoms. The van der Waals surface area contributed by atoms with E-state index >= 15 is 0 Å². The van der Waals surface area contributed by atoms with Crippen LogP contribution in [-0.2, 0) is 0 Å². The van der Waals surface area contributed by atoms with Gasteiger partial charge in [-0.2, -0.15) is 0 Å². The van der Waals surface area contributed by atoms with Crippen molar-refractivity contribution in [1.29, 1.82) is 0 Å². The van der Waals surface area contributed by atoms with Gasteiger partial charge in [-0.3, -0.25) is 4.90 Å². The topological polar surface area (TPSA) is 28.2 Å². The predicted octanol–water partition coefficient (Wildman–Crippen LogP) is 4.47. The maximum atomic E-state index is 4.58. The van der Waals surface area contributed by atoms with Gasteiger partial charge in [0.1, 0.15) is 0 Å². The fourth-order valence-electron chi connectivity index (χ4n) is 3.47. The Morgan fingerprint density at radius 1 is 1.04 bits per heavy atom. The van der Waals surface area contributed by atoms with E-state index in [2.05, 4.69) is 61.1 Å². The van der Waals surface area contributed by atoms with Crippen LogP contribution >= 0.6 is 0 Å². The van der Waals surface area contributed by atoms with Gasteiger partial charge in [0.2, 0.25) is 0 Å². The van der Waals surface area contributed by atoms with Crippen LogP contribution in [0.25, 0.3) is 21.8 Å². The number of piperazine rings is 1. The lowest BCUT2D eigenvalue weighted by molar-refractivity contribution is 0.0922. The highest BCUT2D eigenvalue weighted by Gasteiger charge is 2.32. The van der Waals surface area contributed by atoms with Crippen molar-refractivity contribution in [2.45, 2.75) is 39.3 Å². The second-order valence-corrected chi connectivity index (χ2v) is 7.33. The van der Waals surface area contributed by atoms with E-state index in [1.165, 1.54) is 23.9 Å². The molecule has 1 unspecified atom stereocenters. The van der Waals surface area contributed by atoms with E-state index in [4.69, 9.17) is 0 Å². The lowest BCUT2D eigenvalue weighted by Gasteiger charge is -2.45. The zero-order chi connectivity index (χ0) is 17.9. The lowest BCUT2D eigenvalue weighted by atomic mass is 9.92. The van der Waals surface area contributed by atoms with Gasteiger partial charge in [0.15, 0.2) is 0 Å². The van der Waals surface area contributed by atoms with Crippen molar-refractivity contribution in [3.63, 3.8) is 0 Å². The third-order valence-corrected chi connectivity index (χ3v) is 5.40. The summed E-state index contributed by atoms with van der Waals surface area (Å²) in [4.78, 5) is 7.10. The van der Waals surface area contributed by atoms with Crippen LogP contribution in [0.5, 0.6) is 0 Å². The highest BCUT2D eigenvalue weighted by atomic mass is 15.2. The molecule has 3 heteroatoms. The molecule has 4 rings (SSSR count). The van der Waals surface area contributed by atoms with Crippen LogP contribution in [0.15, 0.2) is 54.6 Å². The Balaban J connectivity index is 0.000000151. The first-order valence-corrected chi connectivity index (χ1v) is 9.25. The first-order valence-electron chi connectivity index (χ1n) is 9.25. The average Bonchev–Trinajstić information content (AvgIpc) is 2.63. The Kier molecular flexibility index (Phi) is 5.36. The number of aromatic nitrogens is 1. The summed E-state index contributed by atoms with van der Waals surface area (Å²) in [6.45, 7) is 12.6. The van der Waals surface area contributed by atoms with Crippen molar-refractivity contribution < 1.29 is 0 Å².